The second kappa shape index (κ2) is 3.29. The molecule has 0 fully saturated rings. The number of alkyl halides is 2. The molecule has 0 aromatic carbocycles. The van der Waals surface area contributed by atoms with Crippen LogP contribution in [0.5, 0.6) is 0 Å². The number of nitrogens with zero attached hydrogens (tertiary/aromatic N) is 3. The number of fused-ring (bicyclic) bond motifs is 1. The van der Waals surface area contributed by atoms with Crippen LogP contribution in [0.2, 0.25) is 0 Å². The van der Waals surface area contributed by atoms with Gasteiger partial charge in [-0.05, 0) is 19.3 Å². The van der Waals surface area contributed by atoms with Crippen molar-refractivity contribution in [1.29, 1.82) is 0 Å². The van der Waals surface area contributed by atoms with E-state index in [1.54, 1.807) is 7.05 Å². The van der Waals surface area contributed by atoms with Gasteiger partial charge < -0.3 is 0 Å². The van der Waals surface area contributed by atoms with Crippen molar-refractivity contribution >= 4 is 0 Å². The van der Waals surface area contributed by atoms with Crippen LogP contribution in [0.15, 0.2) is 0 Å². The molecule has 78 valence electrons. The van der Waals surface area contributed by atoms with Crippen molar-refractivity contribution in [2.75, 3.05) is 0 Å². The van der Waals surface area contributed by atoms with Crippen molar-refractivity contribution in [3.63, 3.8) is 0 Å². The van der Waals surface area contributed by atoms with Crippen molar-refractivity contribution in [2.45, 2.75) is 38.0 Å². The lowest BCUT2D eigenvalue weighted by atomic mass is 9.98. The summed E-state index contributed by atoms with van der Waals surface area (Å²) in [5, 5.41) is 7.24. The van der Waals surface area contributed by atoms with Gasteiger partial charge in [-0.15, -0.1) is 5.10 Å². The molecule has 0 amide bonds. The van der Waals surface area contributed by atoms with Gasteiger partial charge in [0.2, 0.25) is 0 Å². The van der Waals surface area contributed by atoms with Gasteiger partial charge in [0, 0.05) is 13.5 Å². The molecule has 0 saturated carbocycles. The summed E-state index contributed by atoms with van der Waals surface area (Å²) >= 11 is 0. The Kier molecular flexibility index (Phi) is 2.25. The van der Waals surface area contributed by atoms with Crippen LogP contribution in [0, 0.1) is 0 Å². The number of rotatable bonds is 0. The first-order valence-electron chi connectivity index (χ1n) is 4.88. The fourth-order valence-corrected chi connectivity index (χ4v) is 1.88. The average molecular weight is 201 g/mol. The monoisotopic (exact) mass is 201 g/mol. The van der Waals surface area contributed by atoms with Crippen molar-refractivity contribution in [3.8, 4) is 0 Å². The first kappa shape index (κ1) is 9.55. The SMILES string of the molecule is Cn1nnc2c1CCCCCC2(F)F. The average Bonchev–Trinajstić information content (AvgIpc) is 2.45. The highest BCUT2D eigenvalue weighted by molar-refractivity contribution is 5.16. The smallest absolute Gasteiger partial charge is 0.252 e. The molecule has 14 heavy (non-hydrogen) atoms. The lowest BCUT2D eigenvalue weighted by Crippen LogP contribution is -2.18. The Labute approximate surface area is 81.1 Å². The maximum atomic E-state index is 13.5. The zero-order valence-corrected chi connectivity index (χ0v) is 8.13. The highest BCUT2D eigenvalue weighted by atomic mass is 19.3. The molecule has 0 N–H and O–H groups in total. The highest BCUT2D eigenvalue weighted by Gasteiger charge is 2.38. The minimum Gasteiger partial charge on any atom is -0.252 e. The zero-order valence-electron chi connectivity index (χ0n) is 8.13. The van der Waals surface area contributed by atoms with Gasteiger partial charge in [0.25, 0.3) is 5.92 Å². The van der Waals surface area contributed by atoms with E-state index in [0.717, 1.165) is 12.8 Å². The lowest BCUT2D eigenvalue weighted by molar-refractivity contribution is -0.0225. The van der Waals surface area contributed by atoms with Crippen LogP contribution in [-0.4, -0.2) is 15.0 Å². The minimum atomic E-state index is -2.79. The van der Waals surface area contributed by atoms with Crippen molar-refractivity contribution < 1.29 is 8.78 Å². The molecule has 1 aromatic heterocycles. The summed E-state index contributed by atoms with van der Waals surface area (Å²) in [6.45, 7) is 0. The van der Waals surface area contributed by atoms with Crippen molar-refractivity contribution in [3.05, 3.63) is 11.4 Å². The van der Waals surface area contributed by atoms with Crippen LogP contribution in [0.25, 0.3) is 0 Å². The van der Waals surface area contributed by atoms with E-state index in [4.69, 9.17) is 0 Å². The van der Waals surface area contributed by atoms with Gasteiger partial charge in [-0.25, -0.2) is 0 Å². The third-order valence-electron chi connectivity index (χ3n) is 2.69. The number of hydrogen-bond acceptors (Lipinski definition) is 2. The van der Waals surface area contributed by atoms with E-state index in [1.165, 1.54) is 4.68 Å². The van der Waals surface area contributed by atoms with Gasteiger partial charge >= 0.3 is 0 Å². The Balaban J connectivity index is 2.43. The first-order chi connectivity index (χ1) is 6.61. The van der Waals surface area contributed by atoms with Gasteiger partial charge in [0.05, 0.1) is 5.69 Å². The maximum Gasteiger partial charge on any atom is 0.293 e. The number of aryl methyl sites for hydroxylation is 1. The quantitative estimate of drug-likeness (QED) is 0.643. The van der Waals surface area contributed by atoms with Crippen LogP contribution in [0.4, 0.5) is 8.78 Å². The summed E-state index contributed by atoms with van der Waals surface area (Å²) < 4.78 is 28.5. The Morgan fingerprint density at radius 1 is 1.29 bits per heavy atom. The normalized spacial score (nSPS) is 21.1. The summed E-state index contributed by atoms with van der Waals surface area (Å²) in [5.41, 5.74) is 0.481. The van der Waals surface area contributed by atoms with E-state index in [-0.39, 0.29) is 12.1 Å². The molecule has 0 radical (unpaired) electrons. The molecule has 0 unspecified atom stereocenters. The van der Waals surface area contributed by atoms with Crippen LogP contribution in [-0.2, 0) is 19.4 Å². The van der Waals surface area contributed by atoms with Gasteiger partial charge in [0.1, 0.15) is 0 Å². The summed E-state index contributed by atoms with van der Waals surface area (Å²) in [6, 6.07) is 0. The number of halogens is 2. The molecule has 1 aliphatic carbocycles. The first-order valence-corrected chi connectivity index (χ1v) is 4.88. The number of aromatic nitrogens is 3. The molecule has 1 heterocycles. The molecule has 0 spiro atoms. The Morgan fingerprint density at radius 3 is 2.86 bits per heavy atom. The topological polar surface area (TPSA) is 30.7 Å². The third-order valence-corrected chi connectivity index (χ3v) is 2.69. The molecule has 0 aliphatic heterocycles. The number of hydrogen-bond donors (Lipinski definition) is 0. The molecular formula is C9H13F2N3. The summed E-state index contributed by atoms with van der Waals surface area (Å²) in [6.07, 6.45) is 2.95. The van der Waals surface area contributed by atoms with Crippen LogP contribution in [0.1, 0.15) is 37.1 Å². The van der Waals surface area contributed by atoms with Crippen LogP contribution < -0.4 is 0 Å². The van der Waals surface area contributed by atoms with Gasteiger partial charge in [-0.1, -0.05) is 11.6 Å². The van der Waals surface area contributed by atoms with Crippen molar-refractivity contribution in [2.24, 2.45) is 7.05 Å². The minimum absolute atomic E-state index is 0.0985. The second-order valence-corrected chi connectivity index (χ2v) is 3.77. The molecule has 1 aliphatic rings. The molecule has 2 rings (SSSR count). The maximum absolute atomic E-state index is 13.5. The van der Waals surface area contributed by atoms with E-state index < -0.39 is 5.92 Å². The fraction of sp³-hybridized carbons (Fsp3) is 0.778. The summed E-state index contributed by atoms with van der Waals surface area (Å²) in [7, 11) is 1.67. The standard InChI is InChI=1S/C9H13F2N3/c1-14-7-5-3-2-4-6-9(10,11)8(7)12-13-14/h2-6H2,1H3. The third kappa shape index (κ3) is 1.51. The summed E-state index contributed by atoms with van der Waals surface area (Å²) in [5.74, 6) is -2.79. The van der Waals surface area contributed by atoms with Gasteiger partial charge in [-0.3, -0.25) is 4.68 Å². The zero-order chi connectivity index (χ0) is 10.2. The highest BCUT2D eigenvalue weighted by Crippen LogP contribution is 2.36. The van der Waals surface area contributed by atoms with Crippen LogP contribution >= 0.6 is 0 Å². The Morgan fingerprint density at radius 2 is 2.07 bits per heavy atom. The second-order valence-electron chi connectivity index (χ2n) is 3.77. The predicted octanol–water partition coefficient (Wildman–Crippen LogP) is 2.02. The van der Waals surface area contributed by atoms with E-state index in [1.807, 2.05) is 0 Å². The molecular weight excluding hydrogens is 188 g/mol. The lowest BCUT2D eigenvalue weighted by Gasteiger charge is -2.18. The molecule has 3 nitrogen and oxygen atoms in total. The van der Waals surface area contributed by atoms with Crippen LogP contribution in [0.3, 0.4) is 0 Å². The van der Waals surface area contributed by atoms with E-state index in [2.05, 4.69) is 10.3 Å². The van der Waals surface area contributed by atoms with Gasteiger partial charge in [-0.2, -0.15) is 8.78 Å². The van der Waals surface area contributed by atoms with Gasteiger partial charge in [0.15, 0.2) is 5.69 Å². The molecule has 0 bridgehead atoms. The fourth-order valence-electron chi connectivity index (χ4n) is 1.88. The predicted molar refractivity (Wildman–Crippen MR) is 47.1 cm³/mol. The molecule has 0 saturated heterocycles. The molecule has 5 heteroatoms. The van der Waals surface area contributed by atoms with E-state index in [9.17, 15) is 8.78 Å². The van der Waals surface area contributed by atoms with Crippen molar-refractivity contribution in [1.82, 2.24) is 15.0 Å². The Hall–Kier alpha value is -1.00. The Bertz CT molecular complexity index is 333. The molecule has 1 aromatic rings. The largest absolute Gasteiger partial charge is 0.293 e. The molecule has 0 atom stereocenters. The van der Waals surface area contributed by atoms with E-state index in [0.29, 0.717) is 18.5 Å². The summed E-state index contributed by atoms with van der Waals surface area (Å²) in [4.78, 5) is 0. The van der Waals surface area contributed by atoms with E-state index >= 15 is 0 Å².